The van der Waals surface area contributed by atoms with Gasteiger partial charge in [-0.15, -0.1) is 0 Å². The zero-order valence-electron chi connectivity index (χ0n) is 11.8. The Morgan fingerprint density at radius 1 is 1.58 bits per heavy atom. The molecular weight excluding hydrogens is 242 g/mol. The monoisotopic (exact) mass is 263 g/mol. The molecule has 1 aromatic heterocycles. The van der Waals surface area contributed by atoms with Gasteiger partial charge < -0.3 is 15.0 Å². The minimum absolute atomic E-state index is 0.339. The number of aryl methyl sites for hydroxylation is 1. The summed E-state index contributed by atoms with van der Waals surface area (Å²) in [5, 5.41) is 3.34. The Bertz CT molecular complexity index is 462. The summed E-state index contributed by atoms with van der Waals surface area (Å²) in [5.74, 6) is 1.15. The molecule has 19 heavy (non-hydrogen) atoms. The van der Waals surface area contributed by atoms with Gasteiger partial charge in [-0.3, -0.25) is 0 Å². The van der Waals surface area contributed by atoms with Crippen molar-refractivity contribution in [1.82, 2.24) is 9.88 Å². The lowest BCUT2D eigenvalue weighted by Gasteiger charge is -2.13. The van der Waals surface area contributed by atoms with Gasteiger partial charge >= 0.3 is 5.97 Å². The third kappa shape index (κ3) is 3.44. The fourth-order valence-electron chi connectivity index (χ4n) is 2.43. The maximum Gasteiger partial charge on any atom is 0.339 e. The van der Waals surface area contributed by atoms with Crippen LogP contribution >= 0.6 is 0 Å². The van der Waals surface area contributed by atoms with E-state index in [4.69, 9.17) is 4.74 Å². The number of rotatable bonds is 4. The number of methoxy groups -OCH3 is 1. The molecule has 0 bridgehead atoms. The summed E-state index contributed by atoms with van der Waals surface area (Å²) < 4.78 is 4.71. The van der Waals surface area contributed by atoms with Gasteiger partial charge in [-0.25, -0.2) is 9.78 Å². The first-order valence-corrected chi connectivity index (χ1v) is 6.58. The molecule has 0 aliphatic carbocycles. The summed E-state index contributed by atoms with van der Waals surface area (Å²) >= 11 is 0. The largest absolute Gasteiger partial charge is 0.465 e. The Kier molecular flexibility index (Phi) is 4.37. The first kappa shape index (κ1) is 13.8. The van der Waals surface area contributed by atoms with Crippen molar-refractivity contribution in [2.75, 3.05) is 39.1 Å². The van der Waals surface area contributed by atoms with Crippen LogP contribution in [0.25, 0.3) is 0 Å². The second-order valence-corrected chi connectivity index (χ2v) is 5.12. The number of likely N-dealkylation sites (tertiary alicyclic amines) is 1. The maximum atomic E-state index is 11.5. The fourth-order valence-corrected chi connectivity index (χ4v) is 2.43. The predicted octanol–water partition coefficient (Wildman–Crippen LogP) is 1.54. The number of carbonyl (C=O) groups excluding carboxylic acids is 1. The fraction of sp³-hybridized carbons (Fsp3) is 0.571. The topological polar surface area (TPSA) is 54.5 Å². The highest BCUT2D eigenvalue weighted by molar-refractivity contribution is 5.90. The number of aromatic nitrogens is 1. The number of anilines is 1. The van der Waals surface area contributed by atoms with Crippen LogP contribution in [-0.4, -0.2) is 49.6 Å². The summed E-state index contributed by atoms with van der Waals surface area (Å²) in [7, 11) is 3.53. The first-order valence-electron chi connectivity index (χ1n) is 6.58. The minimum atomic E-state index is -0.339. The van der Waals surface area contributed by atoms with E-state index in [0.29, 0.717) is 17.2 Å². The van der Waals surface area contributed by atoms with Crippen molar-refractivity contribution in [2.45, 2.75) is 13.3 Å². The molecule has 1 aromatic rings. The Morgan fingerprint density at radius 2 is 2.37 bits per heavy atom. The molecule has 1 aliphatic heterocycles. The third-order valence-corrected chi connectivity index (χ3v) is 3.55. The van der Waals surface area contributed by atoms with Crippen molar-refractivity contribution in [3.05, 3.63) is 23.4 Å². The molecule has 0 saturated carbocycles. The highest BCUT2D eigenvalue weighted by Gasteiger charge is 2.19. The molecule has 5 heteroatoms. The van der Waals surface area contributed by atoms with E-state index in [0.717, 1.165) is 18.9 Å². The predicted molar refractivity (Wildman–Crippen MR) is 74.4 cm³/mol. The molecular formula is C14H21N3O2. The van der Waals surface area contributed by atoms with E-state index in [1.807, 2.05) is 13.0 Å². The molecule has 2 heterocycles. The molecule has 1 aliphatic rings. The normalized spacial score (nSPS) is 19.4. The summed E-state index contributed by atoms with van der Waals surface area (Å²) in [6, 6.07) is 3.59. The van der Waals surface area contributed by atoms with Gasteiger partial charge in [0.25, 0.3) is 0 Å². The van der Waals surface area contributed by atoms with Crippen molar-refractivity contribution >= 4 is 11.8 Å². The number of ether oxygens (including phenoxy) is 1. The van der Waals surface area contributed by atoms with Gasteiger partial charge in [0.15, 0.2) is 0 Å². The summed E-state index contributed by atoms with van der Waals surface area (Å²) in [5.41, 5.74) is 1.22. The number of nitrogens with zero attached hydrogens (tertiary/aromatic N) is 2. The number of nitrogens with one attached hydrogen (secondary N) is 1. The van der Waals surface area contributed by atoms with E-state index in [-0.39, 0.29) is 5.97 Å². The van der Waals surface area contributed by atoms with Crippen LogP contribution in [0.5, 0.6) is 0 Å². The van der Waals surface area contributed by atoms with E-state index >= 15 is 0 Å². The van der Waals surface area contributed by atoms with Crippen LogP contribution in [0.2, 0.25) is 0 Å². The molecule has 0 aromatic carbocycles. The van der Waals surface area contributed by atoms with Crippen molar-refractivity contribution < 1.29 is 9.53 Å². The van der Waals surface area contributed by atoms with Crippen LogP contribution in [0.3, 0.4) is 0 Å². The maximum absolute atomic E-state index is 11.5. The van der Waals surface area contributed by atoms with E-state index < -0.39 is 0 Å². The van der Waals surface area contributed by atoms with Gasteiger partial charge in [0, 0.05) is 13.1 Å². The van der Waals surface area contributed by atoms with Crippen LogP contribution in [0.4, 0.5) is 5.82 Å². The van der Waals surface area contributed by atoms with Crippen molar-refractivity contribution in [2.24, 2.45) is 5.92 Å². The lowest BCUT2D eigenvalue weighted by atomic mass is 10.1. The second-order valence-electron chi connectivity index (χ2n) is 5.12. The molecule has 5 nitrogen and oxygen atoms in total. The van der Waals surface area contributed by atoms with E-state index in [9.17, 15) is 4.79 Å². The van der Waals surface area contributed by atoms with Crippen LogP contribution in [0.15, 0.2) is 12.1 Å². The van der Waals surface area contributed by atoms with Gasteiger partial charge in [-0.1, -0.05) is 0 Å². The number of esters is 1. The zero-order valence-corrected chi connectivity index (χ0v) is 11.8. The Balaban J connectivity index is 1.94. The SMILES string of the molecule is COC(=O)c1ccc(NCC2CCN(C)C2)nc1C. The quantitative estimate of drug-likeness (QED) is 0.835. The first-order chi connectivity index (χ1) is 9.10. The van der Waals surface area contributed by atoms with Crippen LogP contribution < -0.4 is 5.32 Å². The molecule has 1 N–H and O–H groups in total. The van der Waals surface area contributed by atoms with Gasteiger partial charge in [-0.05, 0) is 45.0 Å². The molecule has 2 rings (SSSR count). The third-order valence-electron chi connectivity index (χ3n) is 3.55. The highest BCUT2D eigenvalue weighted by atomic mass is 16.5. The molecule has 1 atom stereocenters. The molecule has 1 fully saturated rings. The van der Waals surface area contributed by atoms with Crippen LogP contribution in [0, 0.1) is 12.8 Å². The lowest BCUT2D eigenvalue weighted by molar-refractivity contribution is 0.0599. The van der Waals surface area contributed by atoms with Crippen molar-refractivity contribution in [3.8, 4) is 0 Å². The zero-order chi connectivity index (χ0) is 13.8. The molecule has 0 spiro atoms. The highest BCUT2D eigenvalue weighted by Crippen LogP contribution is 2.16. The van der Waals surface area contributed by atoms with E-state index in [2.05, 4.69) is 22.2 Å². The van der Waals surface area contributed by atoms with Crippen molar-refractivity contribution in [3.63, 3.8) is 0 Å². The number of hydrogen-bond acceptors (Lipinski definition) is 5. The van der Waals surface area contributed by atoms with Crippen LogP contribution in [0.1, 0.15) is 22.5 Å². The Hall–Kier alpha value is -1.62. The van der Waals surface area contributed by atoms with Gasteiger partial charge in [0.2, 0.25) is 0 Å². The smallest absolute Gasteiger partial charge is 0.339 e. The Labute approximate surface area is 114 Å². The number of hydrogen-bond donors (Lipinski definition) is 1. The van der Waals surface area contributed by atoms with Gasteiger partial charge in [0.05, 0.1) is 18.4 Å². The standard InChI is InChI=1S/C14H21N3O2/c1-10-12(14(18)19-3)4-5-13(16-10)15-8-11-6-7-17(2)9-11/h4-5,11H,6-9H2,1-3H3,(H,15,16). The number of pyridine rings is 1. The van der Waals surface area contributed by atoms with Gasteiger partial charge in [0.1, 0.15) is 5.82 Å². The van der Waals surface area contributed by atoms with Gasteiger partial charge in [-0.2, -0.15) is 0 Å². The van der Waals surface area contributed by atoms with Crippen molar-refractivity contribution in [1.29, 1.82) is 0 Å². The molecule has 1 unspecified atom stereocenters. The average Bonchev–Trinajstić information content (AvgIpc) is 2.81. The summed E-state index contributed by atoms with van der Waals surface area (Å²) in [4.78, 5) is 18.2. The lowest BCUT2D eigenvalue weighted by Crippen LogP contribution is -2.19. The van der Waals surface area contributed by atoms with Crippen LogP contribution in [-0.2, 0) is 4.74 Å². The molecule has 104 valence electrons. The Morgan fingerprint density at radius 3 is 2.95 bits per heavy atom. The second kappa shape index (κ2) is 6.02. The van der Waals surface area contributed by atoms with E-state index in [1.165, 1.54) is 20.1 Å². The molecule has 0 radical (unpaired) electrons. The number of carbonyl (C=O) groups is 1. The minimum Gasteiger partial charge on any atom is -0.465 e. The average molecular weight is 263 g/mol. The molecule has 0 amide bonds. The summed E-state index contributed by atoms with van der Waals surface area (Å²) in [6.07, 6.45) is 1.22. The summed E-state index contributed by atoms with van der Waals surface area (Å²) in [6.45, 7) is 5.04. The molecule has 1 saturated heterocycles. The van der Waals surface area contributed by atoms with E-state index in [1.54, 1.807) is 6.07 Å².